The smallest absolute Gasteiger partial charge is 0.238 e. The number of rotatable bonds is 3. The summed E-state index contributed by atoms with van der Waals surface area (Å²) in [5, 5.41) is 12.4. The van der Waals surface area contributed by atoms with Crippen LogP contribution >= 0.6 is 11.6 Å². The molecule has 0 bridgehead atoms. The zero-order chi connectivity index (χ0) is 15.1. The summed E-state index contributed by atoms with van der Waals surface area (Å²) >= 11 is 5.92. The lowest BCUT2D eigenvalue weighted by Gasteiger charge is -2.23. The number of nitrogens with one attached hydrogen (secondary N) is 1. The number of anilines is 1. The van der Waals surface area contributed by atoms with Crippen molar-refractivity contribution < 1.29 is 4.79 Å². The minimum Gasteiger partial charge on any atom is -0.324 e. The van der Waals surface area contributed by atoms with Crippen LogP contribution in [-0.2, 0) is 4.79 Å². The van der Waals surface area contributed by atoms with Crippen LogP contribution in [0.1, 0.15) is 37.7 Å². The Morgan fingerprint density at radius 3 is 2.57 bits per heavy atom. The summed E-state index contributed by atoms with van der Waals surface area (Å²) < 4.78 is 0. The lowest BCUT2D eigenvalue weighted by atomic mass is 10.1. The van der Waals surface area contributed by atoms with Gasteiger partial charge in [0.25, 0.3) is 0 Å². The zero-order valence-corrected chi connectivity index (χ0v) is 12.8. The van der Waals surface area contributed by atoms with E-state index in [4.69, 9.17) is 16.9 Å². The lowest BCUT2D eigenvalue weighted by Crippen LogP contribution is -2.35. The predicted molar refractivity (Wildman–Crippen MR) is 84.3 cm³/mol. The van der Waals surface area contributed by atoms with Gasteiger partial charge in [0.05, 0.1) is 17.8 Å². The minimum absolute atomic E-state index is 0.0886. The fraction of sp³-hybridized carbons (Fsp3) is 0.500. The fourth-order valence-electron chi connectivity index (χ4n) is 2.58. The monoisotopic (exact) mass is 305 g/mol. The highest BCUT2D eigenvalue weighted by molar-refractivity contribution is 6.31. The number of amides is 1. The highest BCUT2D eigenvalue weighted by Gasteiger charge is 2.13. The fourth-order valence-corrected chi connectivity index (χ4v) is 2.75. The van der Waals surface area contributed by atoms with E-state index in [1.807, 2.05) is 0 Å². The van der Waals surface area contributed by atoms with E-state index < -0.39 is 0 Å². The Bertz CT molecular complexity index is 531. The van der Waals surface area contributed by atoms with Crippen molar-refractivity contribution in [1.82, 2.24) is 4.90 Å². The molecule has 21 heavy (non-hydrogen) atoms. The first-order chi connectivity index (χ1) is 10.2. The van der Waals surface area contributed by atoms with Gasteiger partial charge in [0.2, 0.25) is 5.91 Å². The number of carbonyl (C=O) groups is 1. The number of likely N-dealkylation sites (tertiary alicyclic amines) is 1. The van der Waals surface area contributed by atoms with E-state index in [0.717, 1.165) is 25.9 Å². The summed E-state index contributed by atoms with van der Waals surface area (Å²) in [5.41, 5.74) is 0.919. The van der Waals surface area contributed by atoms with Crippen molar-refractivity contribution in [2.24, 2.45) is 0 Å². The third-order valence-corrected chi connectivity index (χ3v) is 3.93. The molecule has 1 aromatic rings. The second-order valence-corrected chi connectivity index (χ2v) is 5.83. The van der Waals surface area contributed by atoms with Crippen molar-refractivity contribution in [3.8, 4) is 6.07 Å². The van der Waals surface area contributed by atoms with E-state index in [-0.39, 0.29) is 5.91 Å². The number of hydrogen-bond donors (Lipinski definition) is 1. The maximum Gasteiger partial charge on any atom is 0.238 e. The first-order valence-corrected chi connectivity index (χ1v) is 7.78. The molecule has 1 saturated heterocycles. The first-order valence-electron chi connectivity index (χ1n) is 7.41. The van der Waals surface area contributed by atoms with Crippen LogP contribution in [-0.4, -0.2) is 30.4 Å². The topological polar surface area (TPSA) is 56.1 Å². The average molecular weight is 306 g/mol. The van der Waals surface area contributed by atoms with Gasteiger partial charge in [-0.25, -0.2) is 0 Å². The number of hydrogen-bond acceptors (Lipinski definition) is 3. The van der Waals surface area contributed by atoms with Crippen molar-refractivity contribution in [2.75, 3.05) is 25.0 Å². The van der Waals surface area contributed by atoms with Crippen LogP contribution < -0.4 is 5.32 Å². The van der Waals surface area contributed by atoms with Gasteiger partial charge in [-0.2, -0.15) is 5.26 Å². The highest BCUT2D eigenvalue weighted by Crippen LogP contribution is 2.20. The molecule has 112 valence electrons. The Kier molecular flexibility index (Phi) is 6.04. The minimum atomic E-state index is -0.0886. The molecule has 4 nitrogen and oxygen atoms in total. The molecule has 5 heteroatoms. The Balaban J connectivity index is 1.95. The van der Waals surface area contributed by atoms with E-state index in [1.54, 1.807) is 18.2 Å². The maximum absolute atomic E-state index is 12.2. The van der Waals surface area contributed by atoms with E-state index in [9.17, 15) is 4.79 Å². The van der Waals surface area contributed by atoms with Crippen molar-refractivity contribution in [2.45, 2.75) is 32.1 Å². The van der Waals surface area contributed by atoms with Gasteiger partial charge in [-0.15, -0.1) is 0 Å². The van der Waals surface area contributed by atoms with Crippen LogP contribution in [0.3, 0.4) is 0 Å². The number of nitriles is 1. The van der Waals surface area contributed by atoms with Crippen LogP contribution in [0, 0.1) is 11.3 Å². The molecule has 1 N–H and O–H groups in total. The maximum atomic E-state index is 12.2. The predicted octanol–water partition coefficient (Wildman–Crippen LogP) is 3.42. The summed E-state index contributed by atoms with van der Waals surface area (Å²) in [6.45, 7) is 2.31. The molecule has 1 aliphatic rings. The number of benzene rings is 1. The van der Waals surface area contributed by atoms with Gasteiger partial charge in [-0.1, -0.05) is 30.9 Å². The third kappa shape index (κ3) is 5.04. The molecule has 1 heterocycles. The molecular formula is C16H20ClN3O. The van der Waals surface area contributed by atoms with Gasteiger partial charge in [0.1, 0.15) is 6.07 Å². The SMILES string of the molecule is N#Cc1ccc(Cl)cc1NC(=O)CN1CCCCCCC1. The molecule has 2 rings (SSSR count). The molecule has 1 aliphatic heterocycles. The van der Waals surface area contributed by atoms with Gasteiger partial charge in [-0.05, 0) is 44.1 Å². The Morgan fingerprint density at radius 1 is 1.24 bits per heavy atom. The van der Waals surface area contributed by atoms with Crippen LogP contribution in [0.4, 0.5) is 5.69 Å². The second-order valence-electron chi connectivity index (χ2n) is 5.39. The number of carbonyl (C=O) groups excluding carboxylic acids is 1. The first kappa shape index (κ1) is 15.8. The van der Waals surface area contributed by atoms with Gasteiger partial charge < -0.3 is 5.32 Å². The molecule has 0 radical (unpaired) electrons. The van der Waals surface area contributed by atoms with Gasteiger partial charge in [-0.3, -0.25) is 9.69 Å². The largest absolute Gasteiger partial charge is 0.324 e. The van der Waals surface area contributed by atoms with Crippen LogP contribution in [0.25, 0.3) is 0 Å². The van der Waals surface area contributed by atoms with E-state index in [1.165, 1.54) is 19.3 Å². The summed E-state index contributed by atoms with van der Waals surface area (Å²) in [7, 11) is 0. The van der Waals surface area contributed by atoms with Crippen molar-refractivity contribution in [3.05, 3.63) is 28.8 Å². The lowest BCUT2D eigenvalue weighted by molar-refractivity contribution is -0.117. The van der Waals surface area contributed by atoms with Crippen LogP contribution in [0.5, 0.6) is 0 Å². The molecule has 0 spiro atoms. The summed E-state index contributed by atoms with van der Waals surface area (Å²) in [6, 6.07) is 6.95. The molecule has 0 saturated carbocycles. The summed E-state index contributed by atoms with van der Waals surface area (Å²) in [4.78, 5) is 14.3. The van der Waals surface area contributed by atoms with Crippen molar-refractivity contribution in [3.63, 3.8) is 0 Å². The zero-order valence-electron chi connectivity index (χ0n) is 12.1. The average Bonchev–Trinajstić information content (AvgIpc) is 2.42. The molecule has 0 atom stereocenters. The second kappa shape index (κ2) is 8.02. The Hall–Kier alpha value is -1.57. The van der Waals surface area contributed by atoms with Crippen LogP contribution in [0.15, 0.2) is 18.2 Å². The third-order valence-electron chi connectivity index (χ3n) is 3.69. The van der Waals surface area contributed by atoms with Crippen LogP contribution in [0.2, 0.25) is 5.02 Å². The highest BCUT2D eigenvalue weighted by atomic mass is 35.5. The molecule has 0 aliphatic carbocycles. The van der Waals surface area contributed by atoms with Gasteiger partial charge >= 0.3 is 0 Å². The molecule has 0 unspecified atom stereocenters. The van der Waals surface area contributed by atoms with E-state index in [0.29, 0.717) is 22.8 Å². The van der Waals surface area contributed by atoms with Crippen molar-refractivity contribution in [1.29, 1.82) is 5.26 Å². The molecule has 1 aromatic carbocycles. The Labute approximate surface area is 130 Å². The normalized spacial score (nSPS) is 16.6. The molecule has 0 aromatic heterocycles. The Morgan fingerprint density at radius 2 is 1.90 bits per heavy atom. The number of nitrogens with zero attached hydrogens (tertiary/aromatic N) is 2. The quantitative estimate of drug-likeness (QED) is 0.931. The molecule has 1 fully saturated rings. The van der Waals surface area contributed by atoms with Gasteiger partial charge in [0, 0.05) is 5.02 Å². The van der Waals surface area contributed by atoms with Crippen molar-refractivity contribution >= 4 is 23.2 Å². The van der Waals surface area contributed by atoms with Gasteiger partial charge in [0.15, 0.2) is 0 Å². The van der Waals surface area contributed by atoms with E-state index >= 15 is 0 Å². The molecular weight excluding hydrogens is 286 g/mol. The summed E-state index contributed by atoms with van der Waals surface area (Å²) in [5.74, 6) is -0.0886. The standard InChI is InChI=1S/C16H20ClN3O/c17-14-7-6-13(11-18)15(10-14)19-16(21)12-20-8-4-2-1-3-5-9-20/h6-7,10H,1-5,8-9,12H2,(H,19,21). The molecule has 1 amide bonds. The number of halogens is 1. The summed E-state index contributed by atoms with van der Waals surface area (Å²) in [6.07, 6.45) is 6.08. The van der Waals surface area contributed by atoms with E-state index in [2.05, 4.69) is 16.3 Å².